The van der Waals surface area contributed by atoms with Crippen molar-refractivity contribution < 1.29 is 19.4 Å². The number of carbonyl (C=O) groups is 2. The molecule has 0 unspecified atom stereocenters. The molecule has 0 aliphatic rings. The molecule has 0 amide bonds. The Morgan fingerprint density at radius 1 is 1.12 bits per heavy atom. The van der Waals surface area contributed by atoms with E-state index in [1.165, 1.54) is 12.2 Å². The van der Waals surface area contributed by atoms with Crippen LogP contribution in [-0.2, 0) is 14.3 Å². The van der Waals surface area contributed by atoms with Crippen molar-refractivity contribution in [1.82, 2.24) is 4.90 Å². The Balaban J connectivity index is 3.07. The van der Waals surface area contributed by atoms with Crippen LogP contribution < -0.4 is 0 Å². The van der Waals surface area contributed by atoms with Crippen molar-refractivity contribution in [2.24, 2.45) is 0 Å². The standard InChI is InChI=1S/C18H23NO4S/c1-18(2,3)23-17(22)14(19(4)5)11-12-15(16(20)21)24-13-9-7-6-8-10-13/h6-12H,1-5H3,(H,20,21). The zero-order valence-electron chi connectivity index (χ0n) is 14.6. The van der Waals surface area contributed by atoms with Crippen molar-refractivity contribution in [2.75, 3.05) is 14.1 Å². The summed E-state index contributed by atoms with van der Waals surface area (Å²) in [7, 11) is 3.41. The zero-order chi connectivity index (χ0) is 18.3. The summed E-state index contributed by atoms with van der Waals surface area (Å²) in [5.41, 5.74) is -0.345. The molecule has 1 rings (SSSR count). The lowest BCUT2D eigenvalue weighted by Crippen LogP contribution is -2.29. The highest BCUT2D eigenvalue weighted by Gasteiger charge is 2.21. The maximum absolute atomic E-state index is 12.2. The number of hydrogen-bond acceptors (Lipinski definition) is 5. The topological polar surface area (TPSA) is 66.8 Å². The zero-order valence-corrected chi connectivity index (χ0v) is 15.4. The highest BCUT2D eigenvalue weighted by molar-refractivity contribution is 8.04. The van der Waals surface area contributed by atoms with Crippen LogP contribution in [-0.4, -0.2) is 41.6 Å². The van der Waals surface area contributed by atoms with Crippen LogP contribution in [0.3, 0.4) is 0 Å². The van der Waals surface area contributed by atoms with E-state index in [-0.39, 0.29) is 10.6 Å². The molecule has 0 aliphatic carbocycles. The lowest BCUT2D eigenvalue weighted by Gasteiger charge is -2.23. The average molecular weight is 349 g/mol. The predicted octanol–water partition coefficient (Wildman–Crippen LogP) is 3.53. The molecular weight excluding hydrogens is 326 g/mol. The van der Waals surface area contributed by atoms with Gasteiger partial charge in [-0.2, -0.15) is 0 Å². The first-order valence-electron chi connectivity index (χ1n) is 7.39. The maximum Gasteiger partial charge on any atom is 0.355 e. The van der Waals surface area contributed by atoms with Gasteiger partial charge < -0.3 is 14.7 Å². The Morgan fingerprint density at radius 2 is 1.71 bits per heavy atom. The highest BCUT2D eigenvalue weighted by atomic mass is 32.2. The second-order valence-corrected chi connectivity index (χ2v) is 7.31. The second kappa shape index (κ2) is 8.59. The molecule has 0 aromatic heterocycles. The van der Waals surface area contributed by atoms with Gasteiger partial charge in [0, 0.05) is 19.0 Å². The van der Waals surface area contributed by atoms with Crippen molar-refractivity contribution in [2.45, 2.75) is 31.3 Å². The lowest BCUT2D eigenvalue weighted by molar-refractivity contribution is -0.151. The molecule has 0 fully saturated rings. The van der Waals surface area contributed by atoms with E-state index in [1.54, 1.807) is 39.8 Å². The molecule has 0 heterocycles. The van der Waals surface area contributed by atoms with Gasteiger partial charge in [0.05, 0.1) is 4.91 Å². The minimum atomic E-state index is -1.05. The Kier molecular flexibility index (Phi) is 7.10. The van der Waals surface area contributed by atoms with E-state index in [2.05, 4.69) is 0 Å². The number of nitrogens with zero attached hydrogens (tertiary/aromatic N) is 1. The molecule has 1 N–H and O–H groups in total. The smallest absolute Gasteiger partial charge is 0.355 e. The summed E-state index contributed by atoms with van der Waals surface area (Å²) in [5.74, 6) is -1.56. The van der Waals surface area contributed by atoms with E-state index in [0.29, 0.717) is 0 Å². The summed E-state index contributed by atoms with van der Waals surface area (Å²) in [6.07, 6.45) is 2.88. The predicted molar refractivity (Wildman–Crippen MR) is 95.6 cm³/mol. The van der Waals surface area contributed by atoms with Crippen LogP contribution in [0.5, 0.6) is 0 Å². The van der Waals surface area contributed by atoms with Gasteiger partial charge in [0.1, 0.15) is 11.3 Å². The van der Waals surface area contributed by atoms with Crippen molar-refractivity contribution in [3.8, 4) is 0 Å². The number of esters is 1. The van der Waals surface area contributed by atoms with Gasteiger partial charge in [-0.15, -0.1) is 0 Å². The van der Waals surface area contributed by atoms with Crippen LogP contribution in [0.4, 0.5) is 0 Å². The number of carboxylic acids is 1. The monoisotopic (exact) mass is 349 g/mol. The normalized spacial score (nSPS) is 12.7. The third-order valence-corrected chi connectivity index (χ3v) is 3.70. The number of allylic oxidation sites excluding steroid dienone is 2. The molecule has 0 atom stereocenters. The van der Waals surface area contributed by atoms with Gasteiger partial charge in [0.25, 0.3) is 0 Å². The van der Waals surface area contributed by atoms with Crippen molar-refractivity contribution in [1.29, 1.82) is 0 Å². The minimum Gasteiger partial charge on any atom is -0.477 e. The van der Waals surface area contributed by atoms with E-state index < -0.39 is 17.5 Å². The molecule has 0 bridgehead atoms. The fourth-order valence-corrected chi connectivity index (χ4v) is 2.42. The average Bonchev–Trinajstić information content (AvgIpc) is 2.44. The number of likely N-dealkylation sites (N-methyl/N-ethyl adjacent to an activating group) is 1. The van der Waals surface area contributed by atoms with Gasteiger partial charge in [0.2, 0.25) is 0 Å². The third-order valence-electron chi connectivity index (χ3n) is 2.66. The molecule has 0 aliphatic heterocycles. The third kappa shape index (κ3) is 6.91. The molecule has 0 saturated heterocycles. The van der Waals surface area contributed by atoms with Crippen molar-refractivity contribution in [3.05, 3.63) is 53.1 Å². The summed E-state index contributed by atoms with van der Waals surface area (Å²) in [4.78, 5) is 26.2. The maximum atomic E-state index is 12.2. The summed E-state index contributed by atoms with van der Waals surface area (Å²) in [6.45, 7) is 5.34. The van der Waals surface area contributed by atoms with Crippen LogP contribution in [0, 0.1) is 0 Å². The second-order valence-electron chi connectivity index (χ2n) is 6.20. The van der Waals surface area contributed by atoms with Gasteiger partial charge in [-0.25, -0.2) is 9.59 Å². The summed E-state index contributed by atoms with van der Waals surface area (Å²) >= 11 is 1.12. The van der Waals surface area contributed by atoms with E-state index in [9.17, 15) is 14.7 Å². The number of ether oxygens (including phenoxy) is 1. The fourth-order valence-electron chi connectivity index (χ4n) is 1.65. The van der Waals surface area contributed by atoms with Gasteiger partial charge in [-0.1, -0.05) is 30.0 Å². The Labute approximate surface area is 147 Å². The number of benzene rings is 1. The Morgan fingerprint density at radius 3 is 2.17 bits per heavy atom. The van der Waals surface area contributed by atoms with Gasteiger partial charge in [-0.05, 0) is 45.1 Å². The number of aliphatic carboxylic acids is 1. The molecule has 24 heavy (non-hydrogen) atoms. The molecule has 5 nitrogen and oxygen atoms in total. The molecule has 1 aromatic carbocycles. The number of rotatable bonds is 6. The first-order valence-corrected chi connectivity index (χ1v) is 8.20. The largest absolute Gasteiger partial charge is 0.477 e. The van der Waals surface area contributed by atoms with Crippen LogP contribution >= 0.6 is 11.8 Å². The van der Waals surface area contributed by atoms with Gasteiger partial charge >= 0.3 is 11.9 Å². The van der Waals surface area contributed by atoms with Gasteiger partial charge in [0.15, 0.2) is 0 Å². The highest BCUT2D eigenvalue weighted by Crippen LogP contribution is 2.26. The SMILES string of the molecule is CN(C)C(=CC=C(Sc1ccccc1)C(=O)O)C(=O)OC(C)(C)C. The van der Waals surface area contributed by atoms with Crippen molar-refractivity contribution >= 4 is 23.7 Å². The van der Waals surface area contributed by atoms with Gasteiger partial charge in [-0.3, -0.25) is 0 Å². The van der Waals surface area contributed by atoms with Crippen LogP contribution in [0.25, 0.3) is 0 Å². The first kappa shape index (κ1) is 19.8. The lowest BCUT2D eigenvalue weighted by atomic mass is 10.2. The minimum absolute atomic E-state index is 0.115. The summed E-state index contributed by atoms with van der Waals surface area (Å²) in [5, 5.41) is 9.36. The fraction of sp³-hybridized carbons (Fsp3) is 0.333. The van der Waals surface area contributed by atoms with Crippen molar-refractivity contribution in [3.63, 3.8) is 0 Å². The van der Waals surface area contributed by atoms with Crippen LogP contribution in [0.2, 0.25) is 0 Å². The molecule has 0 spiro atoms. The van der Waals surface area contributed by atoms with Crippen LogP contribution in [0.15, 0.2) is 58.0 Å². The molecular formula is C18H23NO4S. The Bertz CT molecular complexity index is 643. The van der Waals surface area contributed by atoms with E-state index in [1.807, 2.05) is 30.3 Å². The number of hydrogen-bond donors (Lipinski definition) is 1. The Hall–Kier alpha value is -2.21. The molecule has 0 saturated carbocycles. The van der Waals surface area contributed by atoms with E-state index in [4.69, 9.17) is 4.74 Å². The van der Waals surface area contributed by atoms with E-state index in [0.717, 1.165) is 16.7 Å². The molecule has 130 valence electrons. The number of carboxylic acid groups (broad SMARTS) is 1. The quantitative estimate of drug-likeness (QED) is 0.367. The van der Waals surface area contributed by atoms with E-state index >= 15 is 0 Å². The number of thioether (sulfide) groups is 1. The molecule has 1 aromatic rings. The molecule has 0 radical (unpaired) electrons. The summed E-state index contributed by atoms with van der Waals surface area (Å²) < 4.78 is 5.34. The van der Waals surface area contributed by atoms with Crippen LogP contribution in [0.1, 0.15) is 20.8 Å². The molecule has 6 heteroatoms. The summed E-state index contributed by atoms with van der Waals surface area (Å²) in [6, 6.07) is 9.19. The first-order chi connectivity index (χ1) is 11.1. The number of carbonyl (C=O) groups excluding carboxylic acids is 1.